The molecular formula is C22H25N3O4S. The van der Waals surface area contributed by atoms with Crippen molar-refractivity contribution in [3.05, 3.63) is 42.0 Å². The van der Waals surface area contributed by atoms with Crippen molar-refractivity contribution in [3.8, 4) is 0 Å². The SMILES string of the molecule is O=C1NC(=NC2CC3C=CC2C3)SC1C(C(=O)O)c1cccc(N2CCOCC2)c1. The number of amidine groups is 1. The van der Waals surface area contributed by atoms with Gasteiger partial charge in [0, 0.05) is 18.8 Å². The number of carboxylic acids is 1. The summed E-state index contributed by atoms with van der Waals surface area (Å²) in [5.74, 6) is -1.16. The molecule has 8 heteroatoms. The number of carboxylic acid groups (broad SMARTS) is 1. The lowest BCUT2D eigenvalue weighted by molar-refractivity contribution is -0.140. The first kappa shape index (κ1) is 19.6. The molecule has 7 nitrogen and oxygen atoms in total. The molecule has 1 aromatic carbocycles. The Morgan fingerprint density at radius 3 is 2.80 bits per heavy atom. The molecule has 30 heavy (non-hydrogen) atoms. The van der Waals surface area contributed by atoms with Gasteiger partial charge in [-0.15, -0.1) is 0 Å². The van der Waals surface area contributed by atoms with Crippen molar-refractivity contribution in [2.45, 2.75) is 30.1 Å². The molecule has 2 aliphatic carbocycles. The second-order valence-electron chi connectivity index (χ2n) is 8.32. The monoisotopic (exact) mass is 427 g/mol. The Morgan fingerprint density at radius 2 is 2.10 bits per heavy atom. The zero-order chi connectivity index (χ0) is 20.7. The van der Waals surface area contributed by atoms with Crippen molar-refractivity contribution in [1.82, 2.24) is 5.32 Å². The number of thioether (sulfide) groups is 1. The van der Waals surface area contributed by atoms with Gasteiger partial charge in [0.2, 0.25) is 5.91 Å². The third-order valence-corrected chi connectivity index (χ3v) is 7.60. The first-order chi connectivity index (χ1) is 14.6. The molecule has 5 rings (SSSR count). The molecule has 4 aliphatic rings. The average Bonchev–Trinajstić information content (AvgIpc) is 3.46. The van der Waals surface area contributed by atoms with Crippen LogP contribution < -0.4 is 10.2 Å². The number of ether oxygens (including phenoxy) is 1. The third-order valence-electron chi connectivity index (χ3n) is 6.43. The van der Waals surface area contributed by atoms with Crippen molar-refractivity contribution < 1.29 is 19.4 Å². The summed E-state index contributed by atoms with van der Waals surface area (Å²) in [6, 6.07) is 7.73. The lowest BCUT2D eigenvalue weighted by Gasteiger charge is -2.29. The van der Waals surface area contributed by atoms with E-state index in [9.17, 15) is 14.7 Å². The zero-order valence-electron chi connectivity index (χ0n) is 16.6. The maximum atomic E-state index is 12.7. The van der Waals surface area contributed by atoms with Crippen LogP contribution in [0.5, 0.6) is 0 Å². The van der Waals surface area contributed by atoms with E-state index >= 15 is 0 Å². The fourth-order valence-corrected chi connectivity index (χ4v) is 6.07. The lowest BCUT2D eigenvalue weighted by atomic mass is 9.94. The van der Waals surface area contributed by atoms with Crippen molar-refractivity contribution in [2.75, 3.05) is 31.2 Å². The molecule has 3 fully saturated rings. The Balaban J connectivity index is 1.36. The van der Waals surface area contributed by atoms with Crippen LogP contribution in [0.1, 0.15) is 24.3 Å². The van der Waals surface area contributed by atoms with Gasteiger partial charge in [-0.1, -0.05) is 36.0 Å². The first-order valence-electron chi connectivity index (χ1n) is 10.5. The number of amides is 1. The van der Waals surface area contributed by atoms with E-state index in [0.717, 1.165) is 31.6 Å². The topological polar surface area (TPSA) is 91.2 Å². The molecule has 0 radical (unpaired) electrons. The Morgan fingerprint density at radius 1 is 1.27 bits per heavy atom. The third kappa shape index (κ3) is 3.74. The summed E-state index contributed by atoms with van der Waals surface area (Å²) >= 11 is 1.26. The molecule has 5 atom stereocenters. The number of anilines is 1. The van der Waals surface area contributed by atoms with Gasteiger partial charge in [-0.3, -0.25) is 14.6 Å². The van der Waals surface area contributed by atoms with Crippen LogP contribution in [0.3, 0.4) is 0 Å². The van der Waals surface area contributed by atoms with Gasteiger partial charge in [-0.05, 0) is 42.4 Å². The van der Waals surface area contributed by atoms with Gasteiger partial charge in [0.25, 0.3) is 0 Å². The van der Waals surface area contributed by atoms with Crippen LogP contribution in [0.25, 0.3) is 0 Å². The number of nitrogens with zero attached hydrogens (tertiary/aromatic N) is 2. The number of nitrogens with one attached hydrogen (secondary N) is 1. The summed E-state index contributed by atoms with van der Waals surface area (Å²) < 4.78 is 5.41. The first-order valence-corrected chi connectivity index (χ1v) is 11.4. The smallest absolute Gasteiger partial charge is 0.312 e. The number of rotatable bonds is 5. The average molecular weight is 428 g/mol. The summed E-state index contributed by atoms with van der Waals surface area (Å²) in [7, 11) is 0. The molecule has 1 aromatic rings. The summed E-state index contributed by atoms with van der Waals surface area (Å²) in [6.45, 7) is 2.86. The summed E-state index contributed by atoms with van der Waals surface area (Å²) in [5, 5.41) is 12.7. The number of carbonyl (C=O) groups is 2. The number of hydrogen-bond acceptors (Lipinski definition) is 6. The van der Waals surface area contributed by atoms with Crippen LogP contribution in [0.15, 0.2) is 41.4 Å². The second kappa shape index (κ2) is 8.07. The highest BCUT2D eigenvalue weighted by molar-refractivity contribution is 8.15. The lowest BCUT2D eigenvalue weighted by Crippen LogP contribution is -2.36. The molecule has 0 aromatic heterocycles. The maximum absolute atomic E-state index is 12.7. The van der Waals surface area contributed by atoms with Gasteiger partial charge in [0.15, 0.2) is 5.17 Å². The molecule has 1 amide bonds. The van der Waals surface area contributed by atoms with E-state index in [1.54, 1.807) is 6.07 Å². The molecule has 0 spiro atoms. The molecule has 5 unspecified atom stereocenters. The Kier molecular flexibility index (Phi) is 5.28. The van der Waals surface area contributed by atoms with Gasteiger partial charge in [0.05, 0.1) is 19.3 Å². The molecule has 2 N–H and O–H groups in total. The van der Waals surface area contributed by atoms with E-state index in [-0.39, 0.29) is 11.9 Å². The summed E-state index contributed by atoms with van der Waals surface area (Å²) in [4.78, 5) is 31.9. The summed E-state index contributed by atoms with van der Waals surface area (Å²) in [6.07, 6.45) is 6.62. The number of hydrogen-bond donors (Lipinski definition) is 2. The zero-order valence-corrected chi connectivity index (χ0v) is 17.4. The van der Waals surface area contributed by atoms with Crippen LogP contribution in [-0.4, -0.2) is 59.7 Å². The van der Waals surface area contributed by atoms with E-state index in [2.05, 4.69) is 22.4 Å². The highest BCUT2D eigenvalue weighted by Gasteiger charge is 2.43. The van der Waals surface area contributed by atoms with Crippen LogP contribution in [0.2, 0.25) is 0 Å². The Hall–Kier alpha value is -2.32. The Bertz CT molecular complexity index is 911. The van der Waals surface area contributed by atoms with E-state index in [4.69, 9.17) is 9.73 Å². The number of benzene rings is 1. The van der Waals surface area contributed by atoms with Gasteiger partial charge in [0.1, 0.15) is 11.2 Å². The molecule has 158 valence electrons. The number of morpholine rings is 1. The van der Waals surface area contributed by atoms with E-state index in [0.29, 0.717) is 35.8 Å². The van der Waals surface area contributed by atoms with Crippen molar-refractivity contribution >= 4 is 34.5 Å². The van der Waals surface area contributed by atoms with Gasteiger partial charge >= 0.3 is 5.97 Å². The van der Waals surface area contributed by atoms with Gasteiger partial charge < -0.3 is 20.1 Å². The van der Waals surface area contributed by atoms with Crippen molar-refractivity contribution in [2.24, 2.45) is 16.8 Å². The quantitative estimate of drug-likeness (QED) is 0.701. The predicted octanol–water partition coefficient (Wildman–Crippen LogP) is 2.24. The van der Waals surface area contributed by atoms with E-state index in [1.807, 2.05) is 18.2 Å². The van der Waals surface area contributed by atoms with Crippen LogP contribution >= 0.6 is 11.8 Å². The minimum Gasteiger partial charge on any atom is -0.481 e. The molecule has 2 aliphatic heterocycles. The molecule has 2 saturated heterocycles. The van der Waals surface area contributed by atoms with Gasteiger partial charge in [-0.2, -0.15) is 0 Å². The van der Waals surface area contributed by atoms with E-state index in [1.165, 1.54) is 11.8 Å². The highest BCUT2D eigenvalue weighted by Crippen LogP contribution is 2.42. The standard InChI is InChI=1S/C22H25N3O4S/c26-20-19(30-22(24-20)23-17-11-13-4-5-14(17)10-13)18(21(27)28)15-2-1-3-16(12-15)25-6-8-29-9-7-25/h1-5,12-14,17-19H,6-11H2,(H,27,28)(H,23,24,26). The normalized spacial score (nSPS) is 32.6. The van der Waals surface area contributed by atoms with Gasteiger partial charge in [-0.25, -0.2) is 0 Å². The molecule has 2 bridgehead atoms. The van der Waals surface area contributed by atoms with Crippen molar-refractivity contribution in [3.63, 3.8) is 0 Å². The minimum absolute atomic E-state index is 0.189. The highest BCUT2D eigenvalue weighted by atomic mass is 32.2. The number of aliphatic carboxylic acids is 1. The number of aliphatic imine (C=N–C) groups is 1. The molecule has 1 saturated carbocycles. The Labute approximate surface area is 179 Å². The fourth-order valence-electron chi connectivity index (χ4n) is 4.90. The minimum atomic E-state index is -0.995. The second-order valence-corrected chi connectivity index (χ2v) is 9.45. The van der Waals surface area contributed by atoms with E-state index < -0.39 is 17.1 Å². The largest absolute Gasteiger partial charge is 0.481 e. The van der Waals surface area contributed by atoms with Crippen LogP contribution in [0.4, 0.5) is 5.69 Å². The predicted molar refractivity (Wildman–Crippen MR) is 116 cm³/mol. The van der Waals surface area contributed by atoms with Crippen molar-refractivity contribution in [1.29, 1.82) is 0 Å². The number of allylic oxidation sites excluding steroid dienone is 1. The van der Waals surface area contributed by atoms with Crippen LogP contribution in [-0.2, 0) is 14.3 Å². The summed E-state index contributed by atoms with van der Waals surface area (Å²) in [5.41, 5.74) is 1.61. The molecule has 2 heterocycles. The maximum Gasteiger partial charge on any atom is 0.312 e. The number of fused-ring (bicyclic) bond motifs is 2. The number of carbonyl (C=O) groups excluding carboxylic acids is 1. The molecular weight excluding hydrogens is 402 g/mol. The van der Waals surface area contributed by atoms with Crippen LogP contribution in [0, 0.1) is 11.8 Å². The fraction of sp³-hybridized carbons (Fsp3) is 0.500.